The molecule has 0 saturated heterocycles. The van der Waals surface area contributed by atoms with E-state index in [-0.39, 0.29) is 0 Å². The van der Waals surface area contributed by atoms with Crippen LogP contribution in [0.25, 0.3) is 11.0 Å². The van der Waals surface area contributed by atoms with E-state index in [1.807, 2.05) is 49.4 Å². The minimum Gasteiger partial charge on any atom is -0.490 e. The van der Waals surface area contributed by atoms with Gasteiger partial charge in [0.05, 0.1) is 24.2 Å². The molecule has 4 rings (SSSR count). The first-order valence-corrected chi connectivity index (χ1v) is 11.4. The lowest BCUT2D eigenvalue weighted by Gasteiger charge is -2.13. The summed E-state index contributed by atoms with van der Waals surface area (Å²) in [7, 11) is 0. The van der Waals surface area contributed by atoms with Crippen LogP contribution in [0.5, 0.6) is 11.5 Å². The number of fused-ring (bicyclic) bond motifs is 1. The number of H-pyrrole nitrogens is 1. The quantitative estimate of drug-likeness (QED) is 0.262. The summed E-state index contributed by atoms with van der Waals surface area (Å²) in [5.74, 6) is -1.16. The van der Waals surface area contributed by atoms with Gasteiger partial charge in [0.2, 0.25) is 0 Å². The van der Waals surface area contributed by atoms with E-state index in [1.54, 1.807) is 11.3 Å². The van der Waals surface area contributed by atoms with Crippen molar-refractivity contribution in [2.75, 3.05) is 6.61 Å². The van der Waals surface area contributed by atoms with Crippen molar-refractivity contribution in [3.8, 4) is 11.5 Å². The Hall–Kier alpha value is -3.89. The fourth-order valence-corrected chi connectivity index (χ4v) is 3.62. The van der Waals surface area contributed by atoms with Crippen LogP contribution in [0.1, 0.15) is 23.2 Å². The van der Waals surface area contributed by atoms with Crippen LogP contribution in [0, 0.1) is 0 Å². The lowest BCUT2D eigenvalue weighted by atomic mass is 10.2. The fraction of sp³-hybridized carbons (Fsp3) is 0.208. The number of imidazole rings is 1. The van der Waals surface area contributed by atoms with Crippen LogP contribution in [-0.2, 0) is 29.3 Å². The molecule has 178 valence electrons. The van der Waals surface area contributed by atoms with Crippen molar-refractivity contribution in [3.63, 3.8) is 0 Å². The average Bonchev–Trinajstić information content (AvgIpc) is 3.48. The second-order valence-corrected chi connectivity index (χ2v) is 8.03. The molecule has 0 fully saturated rings. The molecule has 0 aliphatic heterocycles. The third kappa shape index (κ3) is 7.32. The first-order chi connectivity index (χ1) is 16.5. The first-order valence-electron chi connectivity index (χ1n) is 10.5. The van der Waals surface area contributed by atoms with E-state index in [1.165, 1.54) is 4.88 Å². The van der Waals surface area contributed by atoms with Gasteiger partial charge in [0.1, 0.15) is 12.4 Å². The molecule has 2 aromatic heterocycles. The van der Waals surface area contributed by atoms with Gasteiger partial charge >= 0.3 is 11.9 Å². The predicted molar refractivity (Wildman–Crippen MR) is 128 cm³/mol. The summed E-state index contributed by atoms with van der Waals surface area (Å²) in [6.07, 6.45) is 0. The van der Waals surface area contributed by atoms with Gasteiger partial charge in [-0.25, -0.2) is 14.6 Å². The van der Waals surface area contributed by atoms with E-state index in [4.69, 9.17) is 29.3 Å². The van der Waals surface area contributed by atoms with Crippen LogP contribution >= 0.6 is 11.3 Å². The number of aromatic amines is 1. The third-order valence-corrected chi connectivity index (χ3v) is 5.35. The smallest absolute Gasteiger partial charge is 0.414 e. The summed E-state index contributed by atoms with van der Waals surface area (Å²) in [6.45, 7) is 4.54. The van der Waals surface area contributed by atoms with Crippen molar-refractivity contribution in [1.82, 2.24) is 15.3 Å². The molecular formula is C24H25N3O6S. The van der Waals surface area contributed by atoms with E-state index in [2.05, 4.69) is 32.8 Å². The molecule has 34 heavy (non-hydrogen) atoms. The summed E-state index contributed by atoms with van der Waals surface area (Å²) in [5, 5.41) is 20.3. The van der Waals surface area contributed by atoms with Gasteiger partial charge in [-0.1, -0.05) is 24.3 Å². The van der Waals surface area contributed by atoms with E-state index in [0.29, 0.717) is 19.8 Å². The normalized spacial score (nSPS) is 10.4. The van der Waals surface area contributed by atoms with Gasteiger partial charge in [0.15, 0.2) is 11.5 Å². The SMILES string of the molecule is CCOc1cc(CNCc2nc3ccccc3[nH]2)ccc1OCc1cccs1.O=C(O)C(=O)O. The molecule has 0 bridgehead atoms. The predicted octanol–water partition coefficient (Wildman–Crippen LogP) is 4.05. The van der Waals surface area contributed by atoms with Crippen molar-refractivity contribution in [3.05, 3.63) is 76.2 Å². The number of nitrogens with zero attached hydrogens (tertiary/aromatic N) is 1. The Morgan fingerprint density at radius 1 is 1.00 bits per heavy atom. The maximum atomic E-state index is 9.10. The molecule has 0 atom stereocenters. The van der Waals surface area contributed by atoms with Crippen LogP contribution < -0.4 is 14.8 Å². The number of hydrogen-bond acceptors (Lipinski definition) is 7. The largest absolute Gasteiger partial charge is 0.490 e. The monoisotopic (exact) mass is 483 g/mol. The Kier molecular flexibility index (Phi) is 9.01. The Morgan fingerprint density at radius 3 is 2.47 bits per heavy atom. The lowest BCUT2D eigenvalue weighted by Crippen LogP contribution is -2.14. The number of rotatable bonds is 9. The molecule has 0 saturated carbocycles. The number of nitrogens with one attached hydrogen (secondary N) is 2. The van der Waals surface area contributed by atoms with Crippen molar-refractivity contribution >= 4 is 34.3 Å². The molecule has 4 N–H and O–H groups in total. The van der Waals surface area contributed by atoms with Crippen LogP contribution in [-0.4, -0.2) is 38.7 Å². The Morgan fingerprint density at radius 2 is 1.79 bits per heavy atom. The van der Waals surface area contributed by atoms with Crippen LogP contribution in [0.15, 0.2) is 60.0 Å². The molecular weight excluding hydrogens is 458 g/mol. The summed E-state index contributed by atoms with van der Waals surface area (Å²) < 4.78 is 11.7. The first kappa shape index (κ1) is 24.7. The molecule has 4 aromatic rings. The van der Waals surface area contributed by atoms with Crippen molar-refractivity contribution in [2.45, 2.75) is 26.6 Å². The molecule has 0 aliphatic carbocycles. The van der Waals surface area contributed by atoms with Crippen LogP contribution in [0.3, 0.4) is 0 Å². The van der Waals surface area contributed by atoms with Crippen LogP contribution in [0.4, 0.5) is 0 Å². The third-order valence-electron chi connectivity index (χ3n) is 4.50. The summed E-state index contributed by atoms with van der Waals surface area (Å²) >= 11 is 1.69. The number of para-hydroxylation sites is 2. The lowest BCUT2D eigenvalue weighted by molar-refractivity contribution is -0.159. The maximum absolute atomic E-state index is 9.10. The highest BCUT2D eigenvalue weighted by atomic mass is 32.1. The van der Waals surface area contributed by atoms with Gasteiger partial charge in [-0.2, -0.15) is 0 Å². The molecule has 9 nitrogen and oxygen atoms in total. The number of carbonyl (C=O) groups is 2. The standard InChI is InChI=1S/C22H23N3O2S.C2H2O4/c1-2-26-21-12-16(9-10-20(21)27-15-17-6-5-11-28-17)13-23-14-22-24-18-7-3-4-8-19(18)25-22;3-1(4)2(5)6/h3-12,23H,2,13-15H2,1H3,(H,24,25);(H,3,4)(H,5,6). The highest BCUT2D eigenvalue weighted by Crippen LogP contribution is 2.29. The van der Waals surface area contributed by atoms with Gasteiger partial charge in [-0.05, 0) is 48.2 Å². The molecule has 2 heterocycles. The second kappa shape index (κ2) is 12.4. The number of aliphatic carboxylic acids is 2. The van der Waals surface area contributed by atoms with E-state index in [9.17, 15) is 0 Å². The second-order valence-electron chi connectivity index (χ2n) is 7.00. The molecule has 2 aromatic carbocycles. The van der Waals surface area contributed by atoms with Crippen molar-refractivity contribution in [1.29, 1.82) is 0 Å². The fourth-order valence-electron chi connectivity index (χ4n) is 3.01. The molecule has 0 spiro atoms. The maximum Gasteiger partial charge on any atom is 0.414 e. The molecule has 0 radical (unpaired) electrons. The van der Waals surface area contributed by atoms with Crippen molar-refractivity contribution in [2.24, 2.45) is 0 Å². The number of benzene rings is 2. The minimum atomic E-state index is -1.82. The Bertz CT molecular complexity index is 1180. The van der Waals surface area contributed by atoms with Gasteiger partial charge in [0, 0.05) is 11.4 Å². The van der Waals surface area contributed by atoms with Gasteiger partial charge < -0.3 is 30.0 Å². The summed E-state index contributed by atoms with van der Waals surface area (Å²) in [5.41, 5.74) is 3.19. The highest BCUT2D eigenvalue weighted by molar-refractivity contribution is 7.09. The zero-order chi connectivity index (χ0) is 24.3. The average molecular weight is 484 g/mol. The van der Waals surface area contributed by atoms with E-state index < -0.39 is 11.9 Å². The zero-order valence-electron chi connectivity index (χ0n) is 18.5. The number of thiophene rings is 1. The van der Waals surface area contributed by atoms with Crippen molar-refractivity contribution < 1.29 is 29.3 Å². The number of carboxylic acids is 2. The van der Waals surface area contributed by atoms with Crippen LogP contribution in [0.2, 0.25) is 0 Å². The van der Waals surface area contributed by atoms with E-state index >= 15 is 0 Å². The van der Waals surface area contributed by atoms with Gasteiger partial charge in [0.25, 0.3) is 0 Å². The minimum absolute atomic E-state index is 0.557. The number of ether oxygens (including phenoxy) is 2. The Labute approximate surface area is 200 Å². The summed E-state index contributed by atoms with van der Waals surface area (Å²) in [6, 6.07) is 18.2. The van der Waals surface area contributed by atoms with Gasteiger partial charge in [-0.3, -0.25) is 0 Å². The number of hydrogen-bond donors (Lipinski definition) is 4. The molecule has 0 amide bonds. The highest BCUT2D eigenvalue weighted by Gasteiger charge is 2.08. The molecule has 0 aliphatic rings. The molecule has 0 unspecified atom stereocenters. The number of aromatic nitrogens is 2. The molecule has 10 heteroatoms. The Balaban J connectivity index is 0.000000481. The topological polar surface area (TPSA) is 134 Å². The number of carboxylic acid groups (broad SMARTS) is 2. The van der Waals surface area contributed by atoms with E-state index in [0.717, 1.165) is 40.5 Å². The zero-order valence-corrected chi connectivity index (χ0v) is 19.3. The van der Waals surface area contributed by atoms with Gasteiger partial charge in [-0.15, -0.1) is 11.3 Å². The summed E-state index contributed by atoms with van der Waals surface area (Å²) in [4.78, 5) is 27.3.